The molecule has 0 amide bonds. The monoisotopic (exact) mass is 343 g/mol. The van der Waals surface area contributed by atoms with Gasteiger partial charge in [0.1, 0.15) is 0 Å². The van der Waals surface area contributed by atoms with Gasteiger partial charge in [0.15, 0.2) is 5.96 Å². The number of aromatic nitrogens is 1. The number of nitrogens with one attached hydrogen (secondary N) is 2. The number of hydrogen-bond donors (Lipinski definition) is 2. The Hall–Kier alpha value is -1.54. The molecular formula is C15H29N5O2S. The zero-order valence-electron chi connectivity index (χ0n) is 14.9. The van der Waals surface area contributed by atoms with Crippen LogP contribution in [0.5, 0.6) is 0 Å². The fourth-order valence-electron chi connectivity index (χ4n) is 2.26. The molecule has 0 aliphatic heterocycles. The Morgan fingerprint density at radius 3 is 2.57 bits per heavy atom. The molecule has 1 rings (SSSR count). The van der Waals surface area contributed by atoms with Crippen molar-refractivity contribution in [3.8, 4) is 0 Å². The first-order valence-corrected chi connectivity index (χ1v) is 9.52. The Morgan fingerprint density at radius 2 is 2.09 bits per heavy atom. The second-order valence-corrected chi connectivity index (χ2v) is 8.14. The van der Waals surface area contributed by atoms with Crippen molar-refractivity contribution in [3.05, 3.63) is 24.0 Å². The van der Waals surface area contributed by atoms with Crippen LogP contribution in [0.1, 0.15) is 26.5 Å². The highest BCUT2D eigenvalue weighted by Gasteiger charge is 2.22. The van der Waals surface area contributed by atoms with Crippen molar-refractivity contribution >= 4 is 16.0 Å². The number of aryl methyl sites for hydroxylation is 1. The van der Waals surface area contributed by atoms with Gasteiger partial charge in [0.25, 0.3) is 0 Å². The quantitative estimate of drug-likeness (QED) is 0.566. The summed E-state index contributed by atoms with van der Waals surface area (Å²) in [5.41, 5.74) is 0.534. The third-order valence-electron chi connectivity index (χ3n) is 3.23. The van der Waals surface area contributed by atoms with Crippen molar-refractivity contribution in [2.45, 2.75) is 32.9 Å². The van der Waals surface area contributed by atoms with Gasteiger partial charge in [0, 0.05) is 38.1 Å². The lowest BCUT2D eigenvalue weighted by Crippen LogP contribution is -2.47. The Bertz CT molecular complexity index is 634. The molecule has 0 fully saturated rings. The highest BCUT2D eigenvalue weighted by Crippen LogP contribution is 2.07. The standard InChI is InChI=1S/C15H29N5O2S/c1-7-16-14(17-12-15(2,3)18-23(6,21)22)20(5)11-13-9-8-10-19(13)4/h8-10,18H,7,11-12H2,1-6H3,(H,16,17). The molecule has 132 valence electrons. The molecule has 0 aliphatic carbocycles. The first kappa shape index (κ1) is 19.5. The zero-order valence-corrected chi connectivity index (χ0v) is 15.7. The van der Waals surface area contributed by atoms with Crippen molar-refractivity contribution in [2.75, 3.05) is 26.4 Å². The molecule has 23 heavy (non-hydrogen) atoms. The third-order valence-corrected chi connectivity index (χ3v) is 4.16. The van der Waals surface area contributed by atoms with Gasteiger partial charge < -0.3 is 14.8 Å². The number of guanidine groups is 1. The Morgan fingerprint density at radius 1 is 1.43 bits per heavy atom. The van der Waals surface area contributed by atoms with Gasteiger partial charge in [-0.15, -0.1) is 0 Å². The van der Waals surface area contributed by atoms with E-state index in [1.165, 1.54) is 5.69 Å². The maximum Gasteiger partial charge on any atom is 0.209 e. The summed E-state index contributed by atoms with van der Waals surface area (Å²) in [5.74, 6) is 0.747. The van der Waals surface area contributed by atoms with Crippen molar-refractivity contribution in [2.24, 2.45) is 12.0 Å². The summed E-state index contributed by atoms with van der Waals surface area (Å²) in [6.45, 7) is 7.45. The van der Waals surface area contributed by atoms with Crippen LogP contribution >= 0.6 is 0 Å². The minimum Gasteiger partial charge on any atom is -0.357 e. The van der Waals surface area contributed by atoms with Crippen molar-refractivity contribution < 1.29 is 8.42 Å². The van der Waals surface area contributed by atoms with Crippen LogP contribution in [0.3, 0.4) is 0 Å². The molecule has 0 unspecified atom stereocenters. The van der Waals surface area contributed by atoms with Crippen LogP contribution in [-0.4, -0.2) is 55.8 Å². The summed E-state index contributed by atoms with van der Waals surface area (Å²) in [6, 6.07) is 4.07. The van der Waals surface area contributed by atoms with Gasteiger partial charge in [-0.05, 0) is 32.9 Å². The lowest BCUT2D eigenvalue weighted by Gasteiger charge is -2.26. The summed E-state index contributed by atoms with van der Waals surface area (Å²) in [7, 11) is 0.705. The van der Waals surface area contributed by atoms with Gasteiger partial charge in [0.2, 0.25) is 10.0 Å². The summed E-state index contributed by atoms with van der Waals surface area (Å²) in [5, 5.41) is 3.24. The van der Waals surface area contributed by atoms with E-state index in [2.05, 4.69) is 25.7 Å². The fraction of sp³-hybridized carbons (Fsp3) is 0.667. The molecule has 0 saturated carbocycles. The van der Waals surface area contributed by atoms with Gasteiger partial charge in [-0.3, -0.25) is 4.99 Å². The number of nitrogens with zero attached hydrogens (tertiary/aromatic N) is 3. The van der Waals surface area contributed by atoms with Crippen molar-refractivity contribution in [3.63, 3.8) is 0 Å². The summed E-state index contributed by atoms with van der Waals surface area (Å²) in [4.78, 5) is 6.60. The Balaban J connectivity index is 2.81. The van der Waals surface area contributed by atoms with Crippen LogP contribution in [0.2, 0.25) is 0 Å². The number of sulfonamides is 1. The topological polar surface area (TPSA) is 78.7 Å². The summed E-state index contributed by atoms with van der Waals surface area (Å²) in [6.07, 6.45) is 3.16. The minimum atomic E-state index is -3.27. The Kier molecular flexibility index (Phi) is 6.64. The lowest BCUT2D eigenvalue weighted by atomic mass is 10.1. The fourth-order valence-corrected chi connectivity index (χ4v) is 3.32. The highest BCUT2D eigenvalue weighted by molar-refractivity contribution is 7.88. The van der Waals surface area contributed by atoms with E-state index in [0.29, 0.717) is 6.54 Å². The van der Waals surface area contributed by atoms with E-state index in [4.69, 9.17) is 0 Å². The molecule has 0 atom stereocenters. The molecule has 0 aromatic carbocycles. The molecule has 1 aromatic rings. The predicted molar refractivity (Wildman–Crippen MR) is 94.9 cm³/mol. The van der Waals surface area contributed by atoms with Gasteiger partial charge in [-0.25, -0.2) is 13.1 Å². The van der Waals surface area contributed by atoms with Crippen LogP contribution in [0.25, 0.3) is 0 Å². The van der Waals surface area contributed by atoms with E-state index in [0.717, 1.165) is 25.3 Å². The summed E-state index contributed by atoms with van der Waals surface area (Å²) >= 11 is 0. The third kappa shape index (κ3) is 7.04. The van der Waals surface area contributed by atoms with E-state index in [-0.39, 0.29) is 0 Å². The maximum atomic E-state index is 11.4. The van der Waals surface area contributed by atoms with E-state index in [1.807, 2.05) is 52.0 Å². The molecule has 0 bridgehead atoms. The molecule has 1 heterocycles. The highest BCUT2D eigenvalue weighted by atomic mass is 32.2. The largest absolute Gasteiger partial charge is 0.357 e. The lowest BCUT2D eigenvalue weighted by molar-refractivity contribution is 0.440. The predicted octanol–water partition coefficient (Wildman–Crippen LogP) is 0.750. The second-order valence-electron chi connectivity index (χ2n) is 6.39. The van der Waals surface area contributed by atoms with Gasteiger partial charge in [0.05, 0.1) is 19.3 Å². The van der Waals surface area contributed by atoms with Crippen LogP contribution in [0, 0.1) is 0 Å². The smallest absolute Gasteiger partial charge is 0.209 e. The molecule has 0 radical (unpaired) electrons. The van der Waals surface area contributed by atoms with Crippen LogP contribution in [0.4, 0.5) is 0 Å². The first-order chi connectivity index (χ1) is 10.5. The number of hydrogen-bond acceptors (Lipinski definition) is 3. The van der Waals surface area contributed by atoms with Crippen LogP contribution in [0.15, 0.2) is 23.3 Å². The molecule has 0 aliphatic rings. The second kappa shape index (κ2) is 7.83. The molecule has 0 spiro atoms. The van der Waals surface area contributed by atoms with Crippen LogP contribution < -0.4 is 10.0 Å². The first-order valence-electron chi connectivity index (χ1n) is 7.62. The Labute approximate surface area is 139 Å². The molecule has 2 N–H and O–H groups in total. The van der Waals surface area contributed by atoms with Gasteiger partial charge in [-0.1, -0.05) is 0 Å². The number of aliphatic imine (C=N–C) groups is 1. The molecule has 1 aromatic heterocycles. The summed E-state index contributed by atoms with van der Waals surface area (Å²) < 4.78 is 27.5. The minimum absolute atomic E-state index is 0.347. The van der Waals surface area contributed by atoms with Gasteiger partial charge >= 0.3 is 0 Å². The molecule has 0 saturated heterocycles. The average Bonchev–Trinajstić information content (AvgIpc) is 2.77. The molecule has 7 nitrogen and oxygen atoms in total. The normalized spacial score (nSPS) is 13.2. The molecular weight excluding hydrogens is 314 g/mol. The van der Waals surface area contributed by atoms with Gasteiger partial charge in [-0.2, -0.15) is 0 Å². The van der Waals surface area contributed by atoms with E-state index < -0.39 is 15.6 Å². The van der Waals surface area contributed by atoms with E-state index in [1.54, 1.807) is 0 Å². The average molecular weight is 343 g/mol. The zero-order chi connectivity index (χ0) is 17.7. The maximum absolute atomic E-state index is 11.4. The van der Waals surface area contributed by atoms with Crippen LogP contribution in [-0.2, 0) is 23.6 Å². The van der Waals surface area contributed by atoms with E-state index >= 15 is 0 Å². The van der Waals surface area contributed by atoms with E-state index in [9.17, 15) is 8.42 Å². The SMILES string of the molecule is CCNC(=NCC(C)(C)NS(C)(=O)=O)N(C)Cc1cccn1C. The number of rotatable bonds is 7. The molecule has 8 heteroatoms. The van der Waals surface area contributed by atoms with Crippen molar-refractivity contribution in [1.82, 2.24) is 19.5 Å². The van der Waals surface area contributed by atoms with Crippen molar-refractivity contribution in [1.29, 1.82) is 0 Å².